The smallest absolute Gasteiger partial charge is 0.244 e. The van der Waals surface area contributed by atoms with E-state index in [-0.39, 0.29) is 6.20 Å². The molecule has 0 aliphatic heterocycles. The minimum Gasteiger partial charge on any atom is -0.244 e. The molecule has 1 rings (SSSR count). The van der Waals surface area contributed by atoms with Gasteiger partial charge in [-0.05, 0) is 0 Å². The Morgan fingerprint density at radius 3 is 1.86 bits per heavy atom. The van der Waals surface area contributed by atoms with Crippen LogP contribution in [0, 0.1) is 0 Å². The van der Waals surface area contributed by atoms with Crippen LogP contribution in [-0.2, 0) is 12.4 Å². The summed E-state index contributed by atoms with van der Waals surface area (Å²) in [5, 5.41) is 0. The van der Waals surface area contributed by atoms with Gasteiger partial charge >= 0.3 is 12.4 Å². The molecule has 0 unspecified atom stereocenters. The predicted molar refractivity (Wildman–Crippen MR) is 32.0 cm³/mol. The highest BCUT2D eigenvalue weighted by atomic mass is 19.4. The molecule has 2 nitrogen and oxygen atoms in total. The van der Waals surface area contributed by atoms with Gasteiger partial charge in [-0.2, -0.15) is 26.3 Å². The second-order valence-corrected chi connectivity index (χ2v) is 2.28. The van der Waals surface area contributed by atoms with E-state index in [9.17, 15) is 26.3 Å². The molecule has 0 atom stereocenters. The number of aromatic nitrogens is 2. The summed E-state index contributed by atoms with van der Waals surface area (Å²) in [4.78, 5) is 5.45. The number of nitrogens with zero attached hydrogens (tertiary/aromatic N) is 2. The van der Waals surface area contributed by atoms with Crippen LogP contribution in [0.15, 0.2) is 12.5 Å². The third-order valence-electron chi connectivity index (χ3n) is 1.29. The minimum absolute atomic E-state index is 0.0931. The lowest BCUT2D eigenvalue weighted by atomic mass is 10.2. The Bertz CT molecular complexity index is 295. The van der Waals surface area contributed by atoms with E-state index in [2.05, 4.69) is 9.97 Å². The standard InChI is InChI=1S/C6H2F6N2/c7-5(8,9)3-1-13-2-14-4(3)6(10,11)12/h1-2H. The Hall–Kier alpha value is -1.34. The average molecular weight is 216 g/mol. The molecular weight excluding hydrogens is 214 g/mol. The van der Waals surface area contributed by atoms with E-state index in [4.69, 9.17) is 0 Å². The first kappa shape index (κ1) is 10.7. The van der Waals surface area contributed by atoms with Crippen molar-refractivity contribution in [3.05, 3.63) is 23.8 Å². The molecule has 78 valence electrons. The number of hydrogen-bond donors (Lipinski definition) is 0. The maximum absolute atomic E-state index is 12.0. The lowest BCUT2D eigenvalue weighted by Gasteiger charge is -2.12. The highest BCUT2D eigenvalue weighted by Gasteiger charge is 2.44. The van der Waals surface area contributed by atoms with Crippen molar-refractivity contribution >= 4 is 0 Å². The van der Waals surface area contributed by atoms with Crippen LogP contribution in [0.5, 0.6) is 0 Å². The van der Waals surface area contributed by atoms with Crippen LogP contribution in [0.1, 0.15) is 11.3 Å². The molecule has 0 radical (unpaired) electrons. The second-order valence-electron chi connectivity index (χ2n) is 2.28. The Labute approximate surface area is 73.6 Å². The molecule has 0 bridgehead atoms. The molecule has 14 heavy (non-hydrogen) atoms. The number of alkyl halides is 6. The van der Waals surface area contributed by atoms with E-state index in [1.807, 2.05) is 0 Å². The number of hydrogen-bond acceptors (Lipinski definition) is 2. The first-order valence-corrected chi connectivity index (χ1v) is 3.17. The molecule has 0 aliphatic rings. The average Bonchev–Trinajstić information content (AvgIpc) is 2.01. The fourth-order valence-corrected chi connectivity index (χ4v) is 0.763. The van der Waals surface area contributed by atoms with Crippen molar-refractivity contribution in [2.24, 2.45) is 0 Å². The van der Waals surface area contributed by atoms with Crippen LogP contribution in [0.4, 0.5) is 26.3 Å². The Balaban J connectivity index is 3.31. The highest BCUT2D eigenvalue weighted by Crippen LogP contribution is 2.38. The van der Waals surface area contributed by atoms with Gasteiger partial charge in [0.15, 0.2) is 5.69 Å². The van der Waals surface area contributed by atoms with Crippen LogP contribution >= 0.6 is 0 Å². The van der Waals surface area contributed by atoms with Gasteiger partial charge in [-0.25, -0.2) is 9.97 Å². The SMILES string of the molecule is FC(F)(F)c1cncnc1C(F)(F)F. The topological polar surface area (TPSA) is 25.8 Å². The van der Waals surface area contributed by atoms with Crippen LogP contribution < -0.4 is 0 Å². The quantitative estimate of drug-likeness (QED) is 0.622. The van der Waals surface area contributed by atoms with E-state index >= 15 is 0 Å². The van der Waals surface area contributed by atoms with Gasteiger partial charge in [-0.15, -0.1) is 0 Å². The lowest BCUT2D eigenvalue weighted by Crippen LogP contribution is -2.18. The Morgan fingerprint density at radius 1 is 0.929 bits per heavy atom. The third kappa shape index (κ3) is 2.12. The van der Waals surface area contributed by atoms with Crippen molar-refractivity contribution < 1.29 is 26.3 Å². The summed E-state index contributed by atoms with van der Waals surface area (Å²) in [6, 6.07) is 0. The molecule has 1 aromatic heterocycles. The van der Waals surface area contributed by atoms with Crippen LogP contribution in [0.25, 0.3) is 0 Å². The molecule has 0 aromatic carbocycles. The summed E-state index contributed by atoms with van der Waals surface area (Å²) in [7, 11) is 0. The van der Waals surface area contributed by atoms with Crippen molar-refractivity contribution in [1.82, 2.24) is 9.97 Å². The normalized spacial score (nSPS) is 13.0. The number of rotatable bonds is 0. The molecule has 0 saturated carbocycles. The maximum atomic E-state index is 12.0. The highest BCUT2D eigenvalue weighted by molar-refractivity contribution is 5.21. The molecule has 1 heterocycles. The van der Waals surface area contributed by atoms with Gasteiger partial charge in [0.1, 0.15) is 11.9 Å². The minimum atomic E-state index is -5.13. The van der Waals surface area contributed by atoms with Crippen molar-refractivity contribution in [1.29, 1.82) is 0 Å². The molecule has 8 heteroatoms. The van der Waals surface area contributed by atoms with Gasteiger partial charge in [0.05, 0.1) is 0 Å². The summed E-state index contributed by atoms with van der Waals surface area (Å²) in [6.07, 6.45) is -9.73. The first-order chi connectivity index (χ1) is 6.23. The van der Waals surface area contributed by atoms with E-state index < -0.39 is 23.6 Å². The summed E-state index contributed by atoms with van der Waals surface area (Å²) >= 11 is 0. The largest absolute Gasteiger partial charge is 0.434 e. The molecule has 0 spiro atoms. The maximum Gasteiger partial charge on any atom is 0.434 e. The molecule has 0 fully saturated rings. The van der Waals surface area contributed by atoms with E-state index in [1.165, 1.54) is 0 Å². The van der Waals surface area contributed by atoms with Gasteiger partial charge in [0.25, 0.3) is 0 Å². The van der Waals surface area contributed by atoms with E-state index in [0.29, 0.717) is 6.33 Å². The van der Waals surface area contributed by atoms with Crippen LogP contribution in [0.3, 0.4) is 0 Å². The Morgan fingerprint density at radius 2 is 1.50 bits per heavy atom. The molecule has 0 amide bonds. The van der Waals surface area contributed by atoms with E-state index in [1.54, 1.807) is 0 Å². The molecule has 0 saturated heterocycles. The van der Waals surface area contributed by atoms with Crippen molar-refractivity contribution in [2.75, 3.05) is 0 Å². The van der Waals surface area contributed by atoms with E-state index in [0.717, 1.165) is 0 Å². The Kier molecular flexibility index (Phi) is 2.38. The zero-order valence-corrected chi connectivity index (χ0v) is 6.32. The second kappa shape index (κ2) is 3.10. The van der Waals surface area contributed by atoms with Crippen molar-refractivity contribution in [3.63, 3.8) is 0 Å². The molecule has 0 N–H and O–H groups in total. The fraction of sp³-hybridized carbons (Fsp3) is 0.333. The summed E-state index contributed by atoms with van der Waals surface area (Å²) in [6.45, 7) is 0. The fourth-order valence-electron chi connectivity index (χ4n) is 0.763. The van der Waals surface area contributed by atoms with Crippen molar-refractivity contribution in [3.8, 4) is 0 Å². The van der Waals surface area contributed by atoms with Gasteiger partial charge in [0.2, 0.25) is 0 Å². The summed E-state index contributed by atoms with van der Waals surface area (Å²) in [5.74, 6) is 0. The zero-order valence-electron chi connectivity index (χ0n) is 6.32. The predicted octanol–water partition coefficient (Wildman–Crippen LogP) is 2.51. The van der Waals surface area contributed by atoms with Gasteiger partial charge < -0.3 is 0 Å². The van der Waals surface area contributed by atoms with Gasteiger partial charge in [-0.1, -0.05) is 0 Å². The first-order valence-electron chi connectivity index (χ1n) is 3.17. The van der Waals surface area contributed by atoms with Gasteiger partial charge in [0, 0.05) is 6.20 Å². The summed E-state index contributed by atoms with van der Waals surface area (Å²) < 4.78 is 72.0. The van der Waals surface area contributed by atoms with Crippen molar-refractivity contribution in [2.45, 2.75) is 12.4 Å². The summed E-state index contributed by atoms with van der Waals surface area (Å²) in [5.41, 5.74) is -3.85. The van der Waals surface area contributed by atoms with Crippen LogP contribution in [0.2, 0.25) is 0 Å². The zero-order chi connectivity index (χ0) is 11.0. The molecule has 1 aromatic rings. The van der Waals surface area contributed by atoms with Gasteiger partial charge in [-0.3, -0.25) is 0 Å². The van der Waals surface area contributed by atoms with Crippen LogP contribution in [-0.4, -0.2) is 9.97 Å². The molecule has 0 aliphatic carbocycles. The number of halogens is 6. The molecular formula is C6H2F6N2. The monoisotopic (exact) mass is 216 g/mol. The third-order valence-corrected chi connectivity index (χ3v) is 1.29. The lowest BCUT2D eigenvalue weighted by molar-refractivity contribution is -0.165.